The minimum atomic E-state index is -0.839. The van der Waals surface area contributed by atoms with E-state index in [9.17, 15) is 9.59 Å². The molecule has 8 heteroatoms. The number of rotatable bonds is 4. The summed E-state index contributed by atoms with van der Waals surface area (Å²) in [5, 5.41) is 2.30. The van der Waals surface area contributed by atoms with E-state index in [0.29, 0.717) is 5.75 Å². The molecular formula is C19H15Cl2N3O3. The molecule has 0 aliphatic carbocycles. The fraction of sp³-hybridized carbons (Fsp3) is 0.105. The van der Waals surface area contributed by atoms with E-state index in [1.54, 1.807) is 13.0 Å². The monoisotopic (exact) mass is 403 g/mol. The molecule has 0 fully saturated rings. The maximum Gasteiger partial charge on any atom is 0.289 e. The number of carbonyl (C=O) groups excluding carboxylic acids is 2. The van der Waals surface area contributed by atoms with Crippen LogP contribution in [0.4, 0.5) is 0 Å². The van der Waals surface area contributed by atoms with Crippen molar-refractivity contribution in [3.05, 3.63) is 70.5 Å². The van der Waals surface area contributed by atoms with Gasteiger partial charge < -0.3 is 4.74 Å². The molecule has 2 N–H and O–H groups in total. The Balaban J connectivity index is 1.60. The Labute approximate surface area is 165 Å². The SMILES string of the molecule is CC(Oc1ccc2ccccc2c1)C(=O)NNC(=O)c1nc(Cl)ccc1Cl. The maximum atomic E-state index is 12.2. The predicted molar refractivity (Wildman–Crippen MR) is 104 cm³/mol. The van der Waals surface area contributed by atoms with Gasteiger partial charge in [0.15, 0.2) is 6.10 Å². The zero-order valence-electron chi connectivity index (χ0n) is 14.2. The molecule has 0 saturated carbocycles. The minimum absolute atomic E-state index is 0.0902. The van der Waals surface area contributed by atoms with Crippen molar-refractivity contribution in [1.82, 2.24) is 15.8 Å². The van der Waals surface area contributed by atoms with Crippen molar-refractivity contribution < 1.29 is 14.3 Å². The van der Waals surface area contributed by atoms with Crippen LogP contribution in [-0.2, 0) is 4.79 Å². The van der Waals surface area contributed by atoms with Crippen LogP contribution in [-0.4, -0.2) is 22.9 Å². The first-order valence-electron chi connectivity index (χ1n) is 8.02. The molecule has 6 nitrogen and oxygen atoms in total. The average Bonchev–Trinajstić information content (AvgIpc) is 2.67. The number of aromatic nitrogens is 1. The third-order valence-electron chi connectivity index (χ3n) is 3.73. The number of nitrogens with one attached hydrogen (secondary N) is 2. The first-order chi connectivity index (χ1) is 12.9. The minimum Gasteiger partial charge on any atom is -0.481 e. The largest absolute Gasteiger partial charge is 0.481 e. The van der Waals surface area contributed by atoms with E-state index in [4.69, 9.17) is 27.9 Å². The number of halogens is 2. The average molecular weight is 404 g/mol. The van der Waals surface area contributed by atoms with Gasteiger partial charge >= 0.3 is 0 Å². The Morgan fingerprint density at radius 2 is 1.74 bits per heavy atom. The molecule has 0 aliphatic heterocycles. The highest BCUT2D eigenvalue weighted by Crippen LogP contribution is 2.21. The van der Waals surface area contributed by atoms with Gasteiger partial charge in [0.2, 0.25) is 0 Å². The van der Waals surface area contributed by atoms with Gasteiger partial charge in [0.05, 0.1) is 5.02 Å². The Morgan fingerprint density at radius 1 is 1.00 bits per heavy atom. The van der Waals surface area contributed by atoms with Crippen molar-refractivity contribution in [1.29, 1.82) is 0 Å². The number of fused-ring (bicyclic) bond motifs is 1. The molecule has 0 aliphatic rings. The van der Waals surface area contributed by atoms with E-state index < -0.39 is 17.9 Å². The van der Waals surface area contributed by atoms with Gasteiger partial charge in [-0.05, 0) is 42.0 Å². The molecule has 0 radical (unpaired) electrons. The Kier molecular flexibility index (Phi) is 5.78. The van der Waals surface area contributed by atoms with Crippen LogP contribution in [0.1, 0.15) is 17.4 Å². The number of carbonyl (C=O) groups is 2. The van der Waals surface area contributed by atoms with Crippen molar-refractivity contribution in [2.75, 3.05) is 0 Å². The molecule has 2 aromatic carbocycles. The lowest BCUT2D eigenvalue weighted by Crippen LogP contribution is -2.47. The quantitative estimate of drug-likeness (QED) is 0.513. The van der Waals surface area contributed by atoms with Gasteiger partial charge in [-0.25, -0.2) is 4.98 Å². The predicted octanol–water partition coefficient (Wildman–Crippen LogP) is 3.77. The molecule has 1 heterocycles. The normalized spacial score (nSPS) is 11.7. The van der Waals surface area contributed by atoms with Crippen LogP contribution in [0.5, 0.6) is 5.75 Å². The van der Waals surface area contributed by atoms with Crippen molar-refractivity contribution in [2.45, 2.75) is 13.0 Å². The molecule has 1 unspecified atom stereocenters. The van der Waals surface area contributed by atoms with Crippen molar-refractivity contribution in [3.8, 4) is 5.75 Å². The van der Waals surface area contributed by atoms with Crippen molar-refractivity contribution in [2.24, 2.45) is 0 Å². The second kappa shape index (κ2) is 8.24. The lowest BCUT2D eigenvalue weighted by atomic mass is 10.1. The van der Waals surface area contributed by atoms with Crippen LogP contribution in [0, 0.1) is 0 Å². The number of benzene rings is 2. The van der Waals surface area contributed by atoms with Crippen LogP contribution in [0.25, 0.3) is 10.8 Å². The highest BCUT2D eigenvalue weighted by atomic mass is 35.5. The second-order valence-electron chi connectivity index (χ2n) is 5.68. The van der Waals surface area contributed by atoms with E-state index in [1.807, 2.05) is 36.4 Å². The molecule has 3 rings (SSSR count). The summed E-state index contributed by atoms with van der Waals surface area (Å²) in [5.74, 6) is -0.675. The van der Waals surface area contributed by atoms with E-state index in [2.05, 4.69) is 15.8 Å². The molecule has 138 valence electrons. The van der Waals surface area contributed by atoms with Crippen LogP contribution >= 0.6 is 23.2 Å². The first kappa shape index (κ1) is 18.9. The molecule has 0 spiro atoms. The fourth-order valence-corrected chi connectivity index (χ4v) is 2.69. The van der Waals surface area contributed by atoms with E-state index in [-0.39, 0.29) is 15.9 Å². The summed E-state index contributed by atoms with van der Waals surface area (Å²) in [7, 11) is 0. The number of pyridine rings is 1. The number of ether oxygens (including phenoxy) is 1. The van der Waals surface area contributed by atoms with E-state index in [1.165, 1.54) is 12.1 Å². The van der Waals surface area contributed by atoms with Crippen molar-refractivity contribution in [3.63, 3.8) is 0 Å². The molecule has 1 aromatic heterocycles. The standard InChI is InChI=1S/C19H15Cl2N3O3/c1-11(27-14-7-6-12-4-2-3-5-13(12)10-14)18(25)23-24-19(26)17-15(20)8-9-16(21)22-17/h2-11H,1H3,(H,23,25)(H,24,26). The topological polar surface area (TPSA) is 80.3 Å². The molecule has 27 heavy (non-hydrogen) atoms. The number of hydrogen-bond acceptors (Lipinski definition) is 4. The molecule has 2 amide bonds. The summed E-state index contributed by atoms with van der Waals surface area (Å²) in [5.41, 5.74) is 4.43. The van der Waals surface area contributed by atoms with Gasteiger partial charge in [-0.3, -0.25) is 20.4 Å². The highest BCUT2D eigenvalue weighted by molar-refractivity contribution is 6.34. The van der Waals surface area contributed by atoms with Crippen LogP contribution < -0.4 is 15.6 Å². The molecule has 0 bridgehead atoms. The summed E-state index contributed by atoms with van der Waals surface area (Å²) in [6, 6.07) is 16.2. The van der Waals surface area contributed by atoms with Gasteiger partial charge in [0.25, 0.3) is 11.8 Å². The van der Waals surface area contributed by atoms with Crippen LogP contribution in [0.2, 0.25) is 10.2 Å². The maximum absolute atomic E-state index is 12.2. The summed E-state index contributed by atoms with van der Waals surface area (Å²) in [4.78, 5) is 28.1. The smallest absolute Gasteiger partial charge is 0.289 e. The first-order valence-corrected chi connectivity index (χ1v) is 8.77. The van der Waals surface area contributed by atoms with Crippen LogP contribution in [0.15, 0.2) is 54.6 Å². The highest BCUT2D eigenvalue weighted by Gasteiger charge is 2.18. The van der Waals surface area contributed by atoms with E-state index in [0.717, 1.165) is 10.8 Å². The zero-order chi connectivity index (χ0) is 19.4. The number of hydrogen-bond donors (Lipinski definition) is 2. The van der Waals surface area contributed by atoms with Gasteiger partial charge in [-0.1, -0.05) is 53.5 Å². The summed E-state index contributed by atoms with van der Waals surface area (Å²) in [6.45, 7) is 1.57. The molecule has 1 atom stereocenters. The Bertz CT molecular complexity index is 1010. The van der Waals surface area contributed by atoms with Gasteiger partial charge in [-0.15, -0.1) is 0 Å². The Morgan fingerprint density at radius 3 is 2.52 bits per heavy atom. The number of amides is 2. The molecular weight excluding hydrogens is 389 g/mol. The third-order valence-corrected chi connectivity index (χ3v) is 4.24. The summed E-state index contributed by atoms with van der Waals surface area (Å²) >= 11 is 11.7. The van der Waals surface area contributed by atoms with Gasteiger partial charge in [0, 0.05) is 0 Å². The zero-order valence-corrected chi connectivity index (χ0v) is 15.7. The number of nitrogens with zero attached hydrogens (tertiary/aromatic N) is 1. The number of hydrazine groups is 1. The van der Waals surface area contributed by atoms with Gasteiger partial charge in [0.1, 0.15) is 16.6 Å². The third kappa shape index (κ3) is 4.67. The fourth-order valence-electron chi connectivity index (χ4n) is 2.36. The van der Waals surface area contributed by atoms with Crippen molar-refractivity contribution >= 4 is 45.8 Å². The molecule has 0 saturated heterocycles. The van der Waals surface area contributed by atoms with Gasteiger partial charge in [-0.2, -0.15) is 0 Å². The lowest BCUT2D eigenvalue weighted by Gasteiger charge is -2.15. The second-order valence-corrected chi connectivity index (χ2v) is 6.47. The summed E-state index contributed by atoms with van der Waals surface area (Å²) in [6.07, 6.45) is -0.839. The lowest BCUT2D eigenvalue weighted by molar-refractivity contribution is -0.128. The summed E-state index contributed by atoms with van der Waals surface area (Å²) < 4.78 is 5.64. The van der Waals surface area contributed by atoms with E-state index >= 15 is 0 Å². The molecule has 3 aromatic rings. The Hall–Kier alpha value is -2.83. The van der Waals surface area contributed by atoms with Crippen LogP contribution in [0.3, 0.4) is 0 Å².